The molecule has 1 aromatic carbocycles. The lowest BCUT2D eigenvalue weighted by atomic mass is 9.75. The molecule has 0 radical (unpaired) electrons. The van der Waals surface area contributed by atoms with Gasteiger partial charge in [-0.1, -0.05) is 24.1 Å². The molecule has 8 heteroatoms. The molecule has 2 aliphatic rings. The molecule has 2 nitrogen and oxygen atoms in total. The van der Waals surface area contributed by atoms with Crippen molar-refractivity contribution in [3.63, 3.8) is 0 Å². The Morgan fingerprint density at radius 3 is 2.25 bits per heavy atom. The van der Waals surface area contributed by atoms with Gasteiger partial charge in [0.15, 0.2) is 0 Å². The lowest BCUT2D eigenvalue weighted by Crippen LogP contribution is -2.48. The number of nitrogens with one attached hydrogen (secondary N) is 1. The zero-order chi connectivity index (χ0) is 15.7. The normalized spacial score (nSPS) is 20.5. The number of rotatable bonds is 3. The molecule has 3 rings (SSSR count). The zero-order valence-corrected chi connectivity index (χ0v) is 15.5. The van der Waals surface area contributed by atoms with Crippen LogP contribution in [0.15, 0.2) is 18.2 Å². The van der Waals surface area contributed by atoms with Gasteiger partial charge in [0.1, 0.15) is 0 Å². The summed E-state index contributed by atoms with van der Waals surface area (Å²) in [5, 5.41) is 3.41. The van der Waals surface area contributed by atoms with E-state index in [1.807, 2.05) is 0 Å². The van der Waals surface area contributed by atoms with E-state index in [1.54, 1.807) is 12.1 Å². The van der Waals surface area contributed by atoms with Gasteiger partial charge in [0.05, 0.1) is 5.56 Å². The second kappa shape index (κ2) is 8.95. The second-order valence-electron chi connectivity index (χ2n) is 6.15. The van der Waals surface area contributed by atoms with E-state index in [0.29, 0.717) is 11.5 Å². The highest BCUT2D eigenvalue weighted by atomic mass is 35.5. The van der Waals surface area contributed by atoms with Gasteiger partial charge in [-0.15, -0.1) is 24.8 Å². The first-order valence-electron chi connectivity index (χ1n) is 7.78. The van der Waals surface area contributed by atoms with Crippen LogP contribution in [0, 0.1) is 5.92 Å². The Morgan fingerprint density at radius 2 is 1.75 bits per heavy atom. The second-order valence-corrected chi connectivity index (χ2v) is 6.59. The summed E-state index contributed by atoms with van der Waals surface area (Å²) in [6, 6.07) is 4.09. The number of benzene rings is 1. The van der Waals surface area contributed by atoms with Crippen LogP contribution in [0.3, 0.4) is 0 Å². The van der Waals surface area contributed by atoms with Gasteiger partial charge in [0.25, 0.3) is 0 Å². The third kappa shape index (κ3) is 4.70. The minimum absolute atomic E-state index is 0. The number of halogens is 6. The van der Waals surface area contributed by atoms with Crippen molar-refractivity contribution >= 4 is 36.4 Å². The van der Waals surface area contributed by atoms with E-state index in [0.717, 1.165) is 51.5 Å². The molecular formula is C16H22Cl3F3N2. The molecule has 1 heterocycles. The SMILES string of the molecule is Cl.Cl.FC(F)(F)c1cc(Cl)ccc1[C@H](C1CCC1)N1CCNCC1. The predicted octanol–water partition coefficient (Wildman–Crippen LogP) is 4.95. The van der Waals surface area contributed by atoms with Crippen LogP contribution in [-0.2, 0) is 6.18 Å². The van der Waals surface area contributed by atoms with Gasteiger partial charge in [-0.3, -0.25) is 4.90 Å². The van der Waals surface area contributed by atoms with Gasteiger partial charge >= 0.3 is 6.18 Å². The largest absolute Gasteiger partial charge is 0.416 e. The molecule has 1 atom stereocenters. The number of hydrogen-bond donors (Lipinski definition) is 1. The fourth-order valence-corrected chi connectivity index (χ4v) is 3.67. The molecule has 1 aromatic rings. The third-order valence-corrected chi connectivity index (χ3v) is 5.02. The summed E-state index contributed by atoms with van der Waals surface area (Å²) < 4.78 is 40.4. The third-order valence-electron chi connectivity index (χ3n) is 4.78. The minimum Gasteiger partial charge on any atom is -0.314 e. The highest BCUT2D eigenvalue weighted by Gasteiger charge is 2.40. The van der Waals surface area contributed by atoms with Crippen LogP contribution < -0.4 is 5.32 Å². The summed E-state index contributed by atoms with van der Waals surface area (Å²) >= 11 is 5.82. The molecule has 1 saturated carbocycles. The van der Waals surface area contributed by atoms with E-state index >= 15 is 0 Å². The molecular weight excluding hydrogens is 384 g/mol. The maximum atomic E-state index is 13.5. The Hall–Kier alpha value is -0.200. The molecule has 24 heavy (non-hydrogen) atoms. The Balaban J connectivity index is 0.00000144. The number of nitrogens with zero attached hydrogens (tertiary/aromatic N) is 1. The Bertz CT molecular complexity index is 530. The van der Waals surface area contributed by atoms with Crippen molar-refractivity contribution in [1.82, 2.24) is 10.2 Å². The lowest BCUT2D eigenvalue weighted by Gasteiger charge is -2.44. The predicted molar refractivity (Wildman–Crippen MR) is 95.5 cm³/mol. The van der Waals surface area contributed by atoms with Gasteiger partial charge < -0.3 is 5.32 Å². The van der Waals surface area contributed by atoms with E-state index in [9.17, 15) is 13.2 Å². The first-order chi connectivity index (χ1) is 10.5. The molecule has 1 aliphatic carbocycles. The van der Waals surface area contributed by atoms with Crippen molar-refractivity contribution in [1.29, 1.82) is 0 Å². The summed E-state index contributed by atoms with van der Waals surface area (Å²) in [4.78, 5) is 2.21. The fourth-order valence-electron chi connectivity index (χ4n) is 3.50. The van der Waals surface area contributed by atoms with E-state index in [2.05, 4.69) is 10.2 Å². The molecule has 0 spiro atoms. The average Bonchev–Trinajstić information content (AvgIpc) is 2.43. The standard InChI is InChI=1S/C16H20ClF3N2.2ClH/c17-12-4-5-13(14(10-12)16(18,19)20)15(11-2-1-3-11)22-8-6-21-7-9-22;;/h4-5,10-11,15,21H,1-3,6-9H2;2*1H/t15-;;/m0../s1. The summed E-state index contributed by atoms with van der Waals surface area (Å²) in [5.74, 6) is 0.320. The van der Waals surface area contributed by atoms with Gasteiger partial charge in [0.2, 0.25) is 0 Å². The zero-order valence-electron chi connectivity index (χ0n) is 13.1. The molecule has 0 aromatic heterocycles. The van der Waals surface area contributed by atoms with E-state index in [4.69, 9.17) is 11.6 Å². The first-order valence-corrected chi connectivity index (χ1v) is 8.16. The van der Waals surface area contributed by atoms with Gasteiger partial charge in [-0.25, -0.2) is 0 Å². The summed E-state index contributed by atoms with van der Waals surface area (Å²) in [6.07, 6.45) is -1.23. The molecule has 0 amide bonds. The summed E-state index contributed by atoms with van der Waals surface area (Å²) in [5.41, 5.74) is -0.182. The average molecular weight is 406 g/mol. The molecule has 138 valence electrons. The van der Waals surface area contributed by atoms with Crippen LogP contribution in [0.25, 0.3) is 0 Å². The Labute approximate surface area is 157 Å². The highest BCUT2D eigenvalue weighted by Crippen LogP contribution is 2.46. The van der Waals surface area contributed by atoms with Gasteiger partial charge in [0, 0.05) is 37.2 Å². The Kier molecular flexibility index (Phi) is 8.14. The highest BCUT2D eigenvalue weighted by molar-refractivity contribution is 6.30. The van der Waals surface area contributed by atoms with Crippen molar-refractivity contribution in [3.8, 4) is 0 Å². The molecule has 0 bridgehead atoms. The van der Waals surface area contributed by atoms with Gasteiger partial charge in [-0.2, -0.15) is 13.2 Å². The molecule has 2 fully saturated rings. The van der Waals surface area contributed by atoms with Crippen molar-refractivity contribution in [2.45, 2.75) is 31.5 Å². The van der Waals surface area contributed by atoms with Gasteiger partial charge in [-0.05, 0) is 36.5 Å². The van der Waals surface area contributed by atoms with E-state index in [-0.39, 0.29) is 35.9 Å². The summed E-state index contributed by atoms with van der Waals surface area (Å²) in [7, 11) is 0. The van der Waals surface area contributed by atoms with E-state index < -0.39 is 11.7 Å². The van der Waals surface area contributed by atoms with Crippen LogP contribution in [0.5, 0.6) is 0 Å². The number of alkyl halides is 3. The number of piperazine rings is 1. The molecule has 1 N–H and O–H groups in total. The van der Waals surface area contributed by atoms with Crippen molar-refractivity contribution < 1.29 is 13.2 Å². The van der Waals surface area contributed by atoms with Crippen LogP contribution in [-0.4, -0.2) is 31.1 Å². The maximum Gasteiger partial charge on any atom is 0.416 e. The molecule has 1 aliphatic heterocycles. The monoisotopic (exact) mass is 404 g/mol. The summed E-state index contributed by atoms with van der Waals surface area (Å²) in [6.45, 7) is 3.25. The fraction of sp³-hybridized carbons (Fsp3) is 0.625. The molecule has 1 saturated heterocycles. The van der Waals surface area contributed by atoms with Crippen molar-refractivity contribution in [2.75, 3.05) is 26.2 Å². The number of hydrogen-bond acceptors (Lipinski definition) is 2. The quantitative estimate of drug-likeness (QED) is 0.765. The van der Waals surface area contributed by atoms with E-state index in [1.165, 1.54) is 0 Å². The minimum atomic E-state index is -4.36. The van der Waals surface area contributed by atoms with Crippen LogP contribution >= 0.6 is 36.4 Å². The topological polar surface area (TPSA) is 15.3 Å². The maximum absolute atomic E-state index is 13.5. The van der Waals surface area contributed by atoms with Crippen LogP contribution in [0.2, 0.25) is 5.02 Å². The Morgan fingerprint density at radius 1 is 1.12 bits per heavy atom. The smallest absolute Gasteiger partial charge is 0.314 e. The molecule has 0 unspecified atom stereocenters. The van der Waals surface area contributed by atoms with Crippen molar-refractivity contribution in [2.24, 2.45) is 5.92 Å². The van der Waals surface area contributed by atoms with Crippen LogP contribution in [0.4, 0.5) is 13.2 Å². The lowest BCUT2D eigenvalue weighted by molar-refractivity contribution is -0.139. The van der Waals surface area contributed by atoms with Crippen LogP contribution in [0.1, 0.15) is 36.4 Å². The first kappa shape index (κ1) is 21.8. The van der Waals surface area contributed by atoms with Crippen molar-refractivity contribution in [3.05, 3.63) is 34.3 Å².